The van der Waals surface area contributed by atoms with E-state index in [1.165, 1.54) is 25.7 Å². The van der Waals surface area contributed by atoms with Gasteiger partial charge in [0.25, 0.3) is 0 Å². The maximum Gasteiger partial charge on any atom is 0.209 e. The van der Waals surface area contributed by atoms with Crippen molar-refractivity contribution in [2.45, 2.75) is 38.3 Å². The van der Waals surface area contributed by atoms with Crippen LogP contribution in [0.2, 0.25) is 0 Å². The summed E-state index contributed by atoms with van der Waals surface area (Å²) >= 11 is 0. The number of rotatable bonds is 5. The molecule has 1 N–H and O–H groups in total. The summed E-state index contributed by atoms with van der Waals surface area (Å²) in [4.78, 5) is 4.79. The number of hydrogen-bond donors (Lipinski definition) is 1. The molecule has 1 heterocycles. The first-order valence-electron chi connectivity index (χ1n) is 8.74. The van der Waals surface area contributed by atoms with Crippen molar-refractivity contribution >= 4 is 0 Å². The molecule has 0 saturated heterocycles. The van der Waals surface area contributed by atoms with Gasteiger partial charge in [0.05, 0.1) is 6.54 Å². The molecule has 1 aliphatic carbocycles. The Morgan fingerprint density at radius 3 is 2.17 bits per heavy atom. The van der Waals surface area contributed by atoms with Crippen LogP contribution >= 0.6 is 0 Å². The van der Waals surface area contributed by atoms with E-state index < -0.39 is 0 Å². The molecule has 0 bridgehead atoms. The van der Waals surface area contributed by atoms with Gasteiger partial charge in [0.2, 0.25) is 5.89 Å². The van der Waals surface area contributed by atoms with Crippen molar-refractivity contribution in [3.63, 3.8) is 0 Å². The lowest BCUT2D eigenvalue weighted by atomic mass is 10.1. The summed E-state index contributed by atoms with van der Waals surface area (Å²) in [6.45, 7) is 0.692. The monoisotopic (exact) mass is 318 g/mol. The number of nitrogens with one attached hydrogen (secondary N) is 1. The molecule has 0 unspecified atom stereocenters. The summed E-state index contributed by atoms with van der Waals surface area (Å²) in [5, 5.41) is 3.59. The molecule has 1 fully saturated rings. The minimum Gasteiger partial charge on any atom is -0.439 e. The maximum absolute atomic E-state index is 6.14. The number of oxazole rings is 1. The summed E-state index contributed by atoms with van der Waals surface area (Å²) in [6.07, 6.45) is 5.18. The van der Waals surface area contributed by atoms with Gasteiger partial charge in [-0.3, -0.25) is 0 Å². The molecule has 1 aliphatic rings. The minimum atomic E-state index is 0.609. The maximum atomic E-state index is 6.14. The lowest BCUT2D eigenvalue weighted by molar-refractivity contribution is 0.440. The third-order valence-corrected chi connectivity index (χ3v) is 4.65. The molecule has 0 radical (unpaired) electrons. The zero-order valence-corrected chi connectivity index (χ0v) is 13.7. The van der Waals surface area contributed by atoms with Gasteiger partial charge in [-0.2, -0.15) is 0 Å². The molecular weight excluding hydrogens is 296 g/mol. The van der Waals surface area contributed by atoms with Crippen LogP contribution in [0.3, 0.4) is 0 Å². The Morgan fingerprint density at radius 1 is 0.875 bits per heavy atom. The van der Waals surface area contributed by atoms with Crippen LogP contribution in [0.4, 0.5) is 0 Å². The summed E-state index contributed by atoms with van der Waals surface area (Å²) < 4.78 is 6.14. The highest BCUT2D eigenvalue weighted by Gasteiger charge is 2.19. The van der Waals surface area contributed by atoms with Crippen LogP contribution < -0.4 is 5.32 Å². The lowest BCUT2D eigenvalue weighted by Gasteiger charge is -2.08. The number of benzene rings is 2. The largest absolute Gasteiger partial charge is 0.439 e. The predicted molar refractivity (Wildman–Crippen MR) is 96.5 cm³/mol. The average Bonchev–Trinajstić information content (AvgIpc) is 3.31. The van der Waals surface area contributed by atoms with Gasteiger partial charge in [-0.25, -0.2) is 4.98 Å². The topological polar surface area (TPSA) is 38.1 Å². The first kappa shape index (κ1) is 15.2. The van der Waals surface area contributed by atoms with Gasteiger partial charge in [-0.1, -0.05) is 73.5 Å². The van der Waals surface area contributed by atoms with Crippen LogP contribution in [0, 0.1) is 0 Å². The summed E-state index contributed by atoms with van der Waals surface area (Å²) in [6, 6.07) is 21.1. The van der Waals surface area contributed by atoms with Crippen molar-refractivity contribution in [1.82, 2.24) is 10.3 Å². The molecule has 1 aromatic heterocycles. The van der Waals surface area contributed by atoms with Crippen LogP contribution in [0.15, 0.2) is 65.1 Å². The van der Waals surface area contributed by atoms with Crippen molar-refractivity contribution in [3.8, 4) is 22.6 Å². The van der Waals surface area contributed by atoms with Crippen LogP contribution in [-0.2, 0) is 6.54 Å². The zero-order valence-electron chi connectivity index (χ0n) is 13.7. The first-order chi connectivity index (χ1) is 11.9. The quantitative estimate of drug-likeness (QED) is 0.716. The van der Waals surface area contributed by atoms with Crippen molar-refractivity contribution in [2.24, 2.45) is 0 Å². The van der Waals surface area contributed by atoms with Gasteiger partial charge in [0, 0.05) is 17.2 Å². The van der Waals surface area contributed by atoms with Crippen LogP contribution in [0.1, 0.15) is 31.6 Å². The molecular formula is C21H22N2O. The fourth-order valence-electron chi connectivity index (χ4n) is 3.38. The smallest absolute Gasteiger partial charge is 0.209 e. The van der Waals surface area contributed by atoms with E-state index in [1.54, 1.807) is 0 Å². The standard InChI is InChI=1S/C21H22N2O/c1-3-9-16(10-4-1)20-21(17-11-5-2-6-12-17)24-19(23-20)15-22-18-13-7-8-14-18/h1-6,9-12,18,22H,7-8,13-15H2. The van der Waals surface area contributed by atoms with E-state index in [0.717, 1.165) is 28.5 Å². The normalized spacial score (nSPS) is 15.0. The second kappa shape index (κ2) is 7.02. The van der Waals surface area contributed by atoms with E-state index in [4.69, 9.17) is 9.40 Å². The lowest BCUT2D eigenvalue weighted by Crippen LogP contribution is -2.25. The third-order valence-electron chi connectivity index (χ3n) is 4.65. The third kappa shape index (κ3) is 3.26. The highest BCUT2D eigenvalue weighted by atomic mass is 16.4. The van der Waals surface area contributed by atoms with Crippen LogP contribution in [-0.4, -0.2) is 11.0 Å². The van der Waals surface area contributed by atoms with Gasteiger partial charge >= 0.3 is 0 Å². The molecule has 3 heteroatoms. The molecule has 24 heavy (non-hydrogen) atoms. The zero-order chi connectivity index (χ0) is 16.2. The van der Waals surface area contributed by atoms with Gasteiger partial charge in [0.15, 0.2) is 5.76 Å². The van der Waals surface area contributed by atoms with Gasteiger partial charge in [-0.05, 0) is 12.8 Å². The molecule has 0 amide bonds. The van der Waals surface area contributed by atoms with E-state index in [9.17, 15) is 0 Å². The predicted octanol–water partition coefficient (Wildman–Crippen LogP) is 5.04. The Bertz CT molecular complexity index is 717. The van der Waals surface area contributed by atoms with Crippen LogP contribution in [0.5, 0.6) is 0 Å². The Balaban J connectivity index is 1.65. The van der Waals surface area contributed by atoms with Crippen molar-refractivity contribution in [3.05, 3.63) is 66.6 Å². The van der Waals surface area contributed by atoms with Crippen LogP contribution in [0.25, 0.3) is 22.6 Å². The number of nitrogens with zero attached hydrogens (tertiary/aromatic N) is 1. The molecule has 122 valence electrons. The Kier molecular flexibility index (Phi) is 4.43. The summed E-state index contributed by atoms with van der Waals surface area (Å²) in [7, 11) is 0. The molecule has 2 aromatic carbocycles. The van der Waals surface area contributed by atoms with Crippen molar-refractivity contribution < 1.29 is 4.42 Å². The summed E-state index contributed by atoms with van der Waals surface area (Å²) in [5.41, 5.74) is 3.08. The average molecular weight is 318 g/mol. The first-order valence-corrected chi connectivity index (χ1v) is 8.74. The Hall–Kier alpha value is -2.39. The highest BCUT2D eigenvalue weighted by Crippen LogP contribution is 2.32. The van der Waals surface area contributed by atoms with Crippen molar-refractivity contribution in [2.75, 3.05) is 0 Å². The SMILES string of the molecule is c1ccc(-c2nc(CNC3CCCC3)oc2-c2ccccc2)cc1. The second-order valence-corrected chi connectivity index (χ2v) is 6.38. The fourth-order valence-corrected chi connectivity index (χ4v) is 3.38. The fraction of sp³-hybridized carbons (Fsp3) is 0.286. The van der Waals surface area contributed by atoms with E-state index in [0.29, 0.717) is 12.6 Å². The van der Waals surface area contributed by atoms with E-state index in [2.05, 4.69) is 29.6 Å². The molecule has 3 aromatic rings. The molecule has 0 spiro atoms. The number of hydrogen-bond acceptors (Lipinski definition) is 3. The van der Waals surface area contributed by atoms with E-state index in [1.807, 2.05) is 36.4 Å². The minimum absolute atomic E-state index is 0.609. The van der Waals surface area contributed by atoms with E-state index >= 15 is 0 Å². The molecule has 1 saturated carbocycles. The van der Waals surface area contributed by atoms with Gasteiger partial charge in [-0.15, -0.1) is 0 Å². The van der Waals surface area contributed by atoms with Gasteiger partial charge in [0.1, 0.15) is 5.69 Å². The molecule has 0 atom stereocenters. The second-order valence-electron chi connectivity index (χ2n) is 6.38. The van der Waals surface area contributed by atoms with Crippen molar-refractivity contribution in [1.29, 1.82) is 0 Å². The molecule has 0 aliphatic heterocycles. The van der Waals surface area contributed by atoms with E-state index in [-0.39, 0.29) is 0 Å². The number of aromatic nitrogens is 1. The summed E-state index contributed by atoms with van der Waals surface area (Å²) in [5.74, 6) is 1.62. The molecule has 3 nitrogen and oxygen atoms in total. The van der Waals surface area contributed by atoms with Gasteiger partial charge < -0.3 is 9.73 Å². The highest BCUT2D eigenvalue weighted by molar-refractivity contribution is 5.76. The molecule has 4 rings (SSSR count). The Labute approximate surface area is 142 Å². The Morgan fingerprint density at radius 2 is 1.50 bits per heavy atom.